The predicted octanol–water partition coefficient (Wildman–Crippen LogP) is 4.98. The molecule has 0 bridgehead atoms. The molecule has 0 N–H and O–H groups in total. The lowest BCUT2D eigenvalue weighted by Gasteiger charge is -2.06. The quantitative estimate of drug-likeness (QED) is 0.449. The van der Waals surface area contributed by atoms with Gasteiger partial charge in [-0.3, -0.25) is 0 Å². The van der Waals surface area contributed by atoms with Crippen molar-refractivity contribution >= 4 is 17.6 Å². The summed E-state index contributed by atoms with van der Waals surface area (Å²) in [6.07, 6.45) is 0.431. The number of benzene rings is 2. The summed E-state index contributed by atoms with van der Waals surface area (Å²) in [5, 5.41) is 0. The number of hydrogen-bond acceptors (Lipinski definition) is 2. The normalized spacial score (nSPS) is 12.4. The van der Waals surface area contributed by atoms with Crippen molar-refractivity contribution in [2.75, 3.05) is 7.11 Å². The maximum Gasteiger partial charge on any atom is 0.416 e. The number of hydrogen-bond donors (Lipinski definition) is 0. The zero-order valence-corrected chi connectivity index (χ0v) is 12.9. The van der Waals surface area contributed by atoms with Crippen LogP contribution in [0, 0.1) is 0 Å². The first-order valence-electron chi connectivity index (χ1n) is 7.11. The first-order chi connectivity index (χ1) is 11.4. The second-order valence-electron chi connectivity index (χ2n) is 4.92. The van der Waals surface area contributed by atoms with E-state index >= 15 is 0 Å². The molecular weight excluding hydrogens is 317 g/mol. The molecule has 0 unspecified atom stereocenters. The van der Waals surface area contributed by atoms with Crippen LogP contribution in [-0.2, 0) is 15.7 Å². The van der Waals surface area contributed by atoms with Gasteiger partial charge in [-0.15, -0.1) is 0 Å². The van der Waals surface area contributed by atoms with Crippen molar-refractivity contribution in [2.45, 2.75) is 6.18 Å². The molecule has 5 heteroatoms. The molecule has 0 saturated heterocycles. The van der Waals surface area contributed by atoms with Crippen molar-refractivity contribution < 1.29 is 22.7 Å². The molecule has 124 valence electrons. The molecule has 0 amide bonds. The fourth-order valence-corrected chi connectivity index (χ4v) is 2.05. The lowest BCUT2D eigenvalue weighted by Crippen LogP contribution is -2.04. The highest BCUT2D eigenvalue weighted by Crippen LogP contribution is 2.29. The van der Waals surface area contributed by atoms with Crippen LogP contribution in [0.5, 0.6) is 0 Å². The highest BCUT2D eigenvalue weighted by Gasteiger charge is 2.29. The Morgan fingerprint density at radius 1 is 1.00 bits per heavy atom. The van der Waals surface area contributed by atoms with Gasteiger partial charge in [-0.2, -0.15) is 13.2 Å². The van der Waals surface area contributed by atoms with E-state index in [0.29, 0.717) is 16.7 Å². The number of alkyl halides is 3. The number of methoxy groups -OCH3 is 1. The van der Waals surface area contributed by atoms with E-state index in [1.807, 2.05) is 6.07 Å². The van der Waals surface area contributed by atoms with E-state index in [2.05, 4.69) is 0 Å². The number of carbonyl (C=O) groups is 1. The molecule has 2 aromatic carbocycles. The summed E-state index contributed by atoms with van der Waals surface area (Å²) in [4.78, 5) is 11.9. The zero-order chi connectivity index (χ0) is 17.6. The summed E-state index contributed by atoms with van der Waals surface area (Å²) in [7, 11) is 1.29. The molecule has 0 heterocycles. The summed E-state index contributed by atoms with van der Waals surface area (Å²) in [6.45, 7) is 0. The van der Waals surface area contributed by atoms with Gasteiger partial charge in [0.25, 0.3) is 0 Å². The van der Waals surface area contributed by atoms with E-state index in [4.69, 9.17) is 4.74 Å². The lowest BCUT2D eigenvalue weighted by molar-refractivity contribution is -0.137. The van der Waals surface area contributed by atoms with Gasteiger partial charge in [-0.25, -0.2) is 4.79 Å². The third kappa shape index (κ3) is 4.59. The zero-order valence-electron chi connectivity index (χ0n) is 12.9. The Hall–Kier alpha value is -2.82. The van der Waals surface area contributed by atoms with Gasteiger partial charge in [0.15, 0.2) is 0 Å². The largest absolute Gasteiger partial charge is 0.465 e. The SMILES string of the molecule is COC(=O)/C(=C/C=C/c1ccc(C(F)(F)F)cc1)c1ccccc1. The molecule has 2 aromatic rings. The van der Waals surface area contributed by atoms with Crippen LogP contribution in [0.4, 0.5) is 13.2 Å². The average Bonchev–Trinajstić information content (AvgIpc) is 2.58. The number of allylic oxidation sites excluding steroid dienone is 2. The Labute approximate surface area is 137 Å². The highest BCUT2D eigenvalue weighted by molar-refractivity contribution is 6.16. The molecule has 0 atom stereocenters. The smallest absolute Gasteiger partial charge is 0.416 e. The predicted molar refractivity (Wildman–Crippen MR) is 86.9 cm³/mol. The van der Waals surface area contributed by atoms with Crippen LogP contribution in [0.1, 0.15) is 16.7 Å². The van der Waals surface area contributed by atoms with Crippen molar-refractivity contribution in [3.8, 4) is 0 Å². The maximum atomic E-state index is 12.5. The Bertz CT molecular complexity index is 742. The maximum absolute atomic E-state index is 12.5. The van der Waals surface area contributed by atoms with Crippen molar-refractivity contribution in [3.05, 3.63) is 83.4 Å². The topological polar surface area (TPSA) is 26.3 Å². The monoisotopic (exact) mass is 332 g/mol. The van der Waals surface area contributed by atoms with Crippen LogP contribution < -0.4 is 0 Å². The van der Waals surface area contributed by atoms with Gasteiger partial charge in [-0.05, 0) is 29.3 Å². The first-order valence-corrected chi connectivity index (χ1v) is 7.11. The second kappa shape index (κ2) is 7.64. The van der Waals surface area contributed by atoms with Gasteiger partial charge in [0, 0.05) is 0 Å². The van der Waals surface area contributed by atoms with Crippen LogP contribution in [0.3, 0.4) is 0 Å². The molecule has 0 aliphatic carbocycles. The van der Waals surface area contributed by atoms with Crippen LogP contribution in [-0.4, -0.2) is 13.1 Å². The Kier molecular flexibility index (Phi) is 5.58. The summed E-state index contributed by atoms with van der Waals surface area (Å²) in [5.74, 6) is -0.488. The van der Waals surface area contributed by atoms with Gasteiger partial charge < -0.3 is 4.74 Å². The van der Waals surface area contributed by atoms with E-state index in [-0.39, 0.29) is 0 Å². The molecule has 2 rings (SSSR count). The van der Waals surface area contributed by atoms with E-state index in [1.54, 1.807) is 42.5 Å². The summed E-state index contributed by atoms with van der Waals surface area (Å²) in [5.41, 5.74) is 0.953. The molecule has 0 aromatic heterocycles. The molecule has 0 aliphatic heterocycles. The molecule has 0 radical (unpaired) electrons. The number of ether oxygens (including phenoxy) is 1. The molecule has 0 spiro atoms. The fourth-order valence-electron chi connectivity index (χ4n) is 2.05. The van der Waals surface area contributed by atoms with E-state index < -0.39 is 17.7 Å². The minimum absolute atomic E-state index is 0.362. The van der Waals surface area contributed by atoms with E-state index in [9.17, 15) is 18.0 Å². The third-order valence-electron chi connectivity index (χ3n) is 3.28. The summed E-state index contributed by atoms with van der Waals surface area (Å²) < 4.78 is 42.3. The summed E-state index contributed by atoms with van der Waals surface area (Å²) in [6, 6.07) is 13.7. The van der Waals surface area contributed by atoms with Crippen molar-refractivity contribution in [1.82, 2.24) is 0 Å². The molecule has 24 heavy (non-hydrogen) atoms. The lowest BCUT2D eigenvalue weighted by atomic mass is 10.1. The van der Waals surface area contributed by atoms with Gasteiger partial charge >= 0.3 is 12.1 Å². The van der Waals surface area contributed by atoms with Crippen LogP contribution in [0.25, 0.3) is 11.6 Å². The molecular formula is C19H15F3O2. The van der Waals surface area contributed by atoms with Crippen molar-refractivity contribution in [3.63, 3.8) is 0 Å². The second-order valence-corrected chi connectivity index (χ2v) is 4.92. The van der Waals surface area contributed by atoms with Gasteiger partial charge in [0.1, 0.15) is 0 Å². The van der Waals surface area contributed by atoms with Crippen LogP contribution in [0.15, 0.2) is 66.7 Å². The first kappa shape index (κ1) is 17.5. The summed E-state index contributed by atoms with van der Waals surface area (Å²) >= 11 is 0. The number of rotatable bonds is 4. The Morgan fingerprint density at radius 3 is 2.17 bits per heavy atom. The highest BCUT2D eigenvalue weighted by atomic mass is 19.4. The van der Waals surface area contributed by atoms with E-state index in [1.165, 1.54) is 19.2 Å². The van der Waals surface area contributed by atoms with E-state index in [0.717, 1.165) is 12.1 Å². The van der Waals surface area contributed by atoms with Gasteiger partial charge in [0.05, 0.1) is 18.2 Å². The molecule has 0 saturated carbocycles. The number of carbonyl (C=O) groups excluding carboxylic acids is 1. The molecule has 0 fully saturated rings. The van der Waals surface area contributed by atoms with Crippen LogP contribution >= 0.6 is 0 Å². The third-order valence-corrected chi connectivity index (χ3v) is 3.28. The number of esters is 1. The minimum Gasteiger partial charge on any atom is -0.465 e. The minimum atomic E-state index is -4.35. The average molecular weight is 332 g/mol. The van der Waals surface area contributed by atoms with Crippen LogP contribution in [0.2, 0.25) is 0 Å². The van der Waals surface area contributed by atoms with Gasteiger partial charge in [0.2, 0.25) is 0 Å². The fraction of sp³-hybridized carbons (Fsp3) is 0.105. The molecule has 0 aliphatic rings. The Morgan fingerprint density at radius 2 is 1.62 bits per heavy atom. The van der Waals surface area contributed by atoms with Crippen molar-refractivity contribution in [1.29, 1.82) is 0 Å². The number of halogens is 3. The van der Waals surface area contributed by atoms with Crippen molar-refractivity contribution in [2.24, 2.45) is 0 Å². The molecule has 2 nitrogen and oxygen atoms in total. The standard InChI is InChI=1S/C19H15F3O2/c1-24-18(23)17(15-7-3-2-4-8-15)9-5-6-14-10-12-16(13-11-14)19(20,21)22/h2-13H,1H3/b6-5+,17-9+. The van der Waals surface area contributed by atoms with Gasteiger partial charge in [-0.1, -0.05) is 54.6 Å². The Balaban J connectivity index is 2.22.